The van der Waals surface area contributed by atoms with Gasteiger partial charge in [-0.3, -0.25) is 4.79 Å². The molecule has 0 radical (unpaired) electrons. The highest BCUT2D eigenvalue weighted by Crippen LogP contribution is 2.33. The molecule has 1 aromatic carbocycles. The first-order valence-electron chi connectivity index (χ1n) is 10.4. The monoisotopic (exact) mass is 475 g/mol. The third-order valence-electron chi connectivity index (χ3n) is 5.64. The molecule has 0 bridgehead atoms. The molecule has 0 saturated carbocycles. The summed E-state index contributed by atoms with van der Waals surface area (Å²) in [5.41, 5.74) is -0.470. The van der Waals surface area contributed by atoms with E-state index in [1.54, 1.807) is 41.8 Å². The van der Waals surface area contributed by atoms with Crippen molar-refractivity contribution in [1.82, 2.24) is 9.55 Å². The van der Waals surface area contributed by atoms with Crippen LogP contribution in [0.5, 0.6) is 0 Å². The smallest absolute Gasteiger partial charge is 0.341 e. The van der Waals surface area contributed by atoms with Crippen LogP contribution < -0.4 is 10.3 Å². The summed E-state index contributed by atoms with van der Waals surface area (Å²) in [4.78, 5) is 31.4. The lowest BCUT2D eigenvalue weighted by molar-refractivity contribution is 0.0692. The van der Waals surface area contributed by atoms with E-state index >= 15 is 0 Å². The van der Waals surface area contributed by atoms with Gasteiger partial charge >= 0.3 is 5.97 Å². The number of halogens is 2. The number of pyridine rings is 2. The molecule has 3 aromatic rings. The molecule has 2 heterocycles. The lowest BCUT2D eigenvalue weighted by Crippen LogP contribution is -2.31. The summed E-state index contributed by atoms with van der Waals surface area (Å²) >= 11 is 5.93. The van der Waals surface area contributed by atoms with Crippen LogP contribution in [0.3, 0.4) is 0 Å². The van der Waals surface area contributed by atoms with Crippen molar-refractivity contribution in [3.63, 3.8) is 0 Å². The maximum atomic E-state index is 14.6. The first-order chi connectivity index (χ1) is 15.4. The van der Waals surface area contributed by atoms with E-state index in [2.05, 4.69) is 0 Å². The molecule has 33 heavy (non-hydrogen) atoms. The van der Waals surface area contributed by atoms with Gasteiger partial charge in [-0.15, -0.1) is 0 Å². The fourth-order valence-corrected chi connectivity index (χ4v) is 4.07. The molecule has 9 heteroatoms. The second-order valence-electron chi connectivity index (χ2n) is 9.28. The van der Waals surface area contributed by atoms with Gasteiger partial charge in [-0.2, -0.15) is 0 Å². The summed E-state index contributed by atoms with van der Waals surface area (Å²) in [5.74, 6) is -1.45. The SMILES string of the molecule is CN(C)c1nc2c(cc1Cc1cccc(Cl)c1F)c(=O)c(C(=O)O)cn2[C@H](CO)C(C)(C)C. The van der Waals surface area contributed by atoms with Crippen molar-refractivity contribution in [1.29, 1.82) is 0 Å². The Morgan fingerprint density at radius 1 is 1.27 bits per heavy atom. The Bertz CT molecular complexity index is 1280. The van der Waals surface area contributed by atoms with Crippen LogP contribution in [0, 0.1) is 11.2 Å². The number of carboxylic acids is 1. The number of fused-ring (bicyclic) bond motifs is 1. The van der Waals surface area contributed by atoms with Crippen molar-refractivity contribution in [3.8, 4) is 0 Å². The fourth-order valence-electron chi connectivity index (χ4n) is 3.88. The predicted molar refractivity (Wildman–Crippen MR) is 127 cm³/mol. The Balaban J connectivity index is 2.39. The number of aromatic nitrogens is 2. The number of carboxylic acid groups (broad SMARTS) is 1. The maximum absolute atomic E-state index is 14.6. The van der Waals surface area contributed by atoms with Gasteiger partial charge in [0.1, 0.15) is 22.8 Å². The summed E-state index contributed by atoms with van der Waals surface area (Å²) in [6.45, 7) is 5.43. The largest absolute Gasteiger partial charge is 0.477 e. The molecule has 1 atom stereocenters. The van der Waals surface area contributed by atoms with Crippen LogP contribution in [0.4, 0.5) is 10.2 Å². The van der Waals surface area contributed by atoms with Crippen LogP contribution in [-0.2, 0) is 6.42 Å². The molecule has 0 unspecified atom stereocenters. The van der Waals surface area contributed by atoms with Gasteiger partial charge in [-0.25, -0.2) is 14.2 Å². The quantitative estimate of drug-likeness (QED) is 0.556. The van der Waals surface area contributed by atoms with Gasteiger partial charge in [0, 0.05) is 32.3 Å². The molecule has 0 aliphatic heterocycles. The predicted octanol–water partition coefficient (Wildman–Crippen LogP) is 4.12. The van der Waals surface area contributed by atoms with Crippen LogP contribution in [-0.4, -0.2) is 46.4 Å². The number of anilines is 1. The number of nitrogens with zero attached hydrogens (tertiary/aromatic N) is 3. The van der Waals surface area contributed by atoms with Crippen molar-refractivity contribution >= 4 is 34.4 Å². The number of aromatic carboxylic acids is 1. The average Bonchev–Trinajstić information content (AvgIpc) is 2.72. The summed E-state index contributed by atoms with van der Waals surface area (Å²) in [7, 11) is 3.54. The molecule has 176 valence electrons. The van der Waals surface area contributed by atoms with Crippen LogP contribution in [0.2, 0.25) is 5.02 Å². The third kappa shape index (κ3) is 4.72. The highest BCUT2D eigenvalue weighted by Gasteiger charge is 2.29. The molecule has 2 aromatic heterocycles. The summed E-state index contributed by atoms with van der Waals surface area (Å²) < 4.78 is 16.1. The lowest BCUT2D eigenvalue weighted by Gasteiger charge is -2.32. The van der Waals surface area contributed by atoms with Crippen LogP contribution in [0.25, 0.3) is 11.0 Å². The molecule has 0 amide bonds. The van der Waals surface area contributed by atoms with Gasteiger partial charge in [0.25, 0.3) is 0 Å². The molecule has 7 nitrogen and oxygen atoms in total. The molecule has 0 saturated heterocycles. The minimum absolute atomic E-state index is 0.0147. The van der Waals surface area contributed by atoms with Crippen molar-refractivity contribution < 1.29 is 19.4 Å². The van der Waals surface area contributed by atoms with Crippen molar-refractivity contribution in [2.75, 3.05) is 25.6 Å². The first-order valence-corrected chi connectivity index (χ1v) is 10.8. The van der Waals surface area contributed by atoms with Crippen molar-refractivity contribution in [2.24, 2.45) is 5.41 Å². The summed E-state index contributed by atoms with van der Waals surface area (Å²) in [6.07, 6.45) is 1.34. The van der Waals surface area contributed by atoms with Gasteiger partial charge in [0.2, 0.25) is 5.43 Å². The zero-order valence-corrected chi connectivity index (χ0v) is 19.9. The van der Waals surface area contributed by atoms with E-state index in [0.29, 0.717) is 16.9 Å². The van der Waals surface area contributed by atoms with Crippen LogP contribution in [0.1, 0.15) is 48.3 Å². The minimum atomic E-state index is -1.37. The molecular weight excluding hydrogens is 449 g/mol. The van der Waals surface area contributed by atoms with Gasteiger partial charge in [-0.1, -0.05) is 44.5 Å². The number of benzene rings is 1. The third-order valence-corrected chi connectivity index (χ3v) is 5.93. The molecule has 2 N–H and O–H groups in total. The summed E-state index contributed by atoms with van der Waals surface area (Å²) in [6, 6.07) is 5.69. The van der Waals surface area contributed by atoms with E-state index in [0.717, 1.165) is 0 Å². The number of carbonyl (C=O) groups is 1. The van der Waals surface area contributed by atoms with E-state index < -0.39 is 34.2 Å². The molecule has 0 spiro atoms. The zero-order valence-electron chi connectivity index (χ0n) is 19.2. The number of aliphatic hydroxyl groups is 1. The van der Waals surface area contributed by atoms with Crippen molar-refractivity contribution in [2.45, 2.75) is 33.2 Å². The number of hydrogen-bond donors (Lipinski definition) is 2. The second-order valence-corrected chi connectivity index (χ2v) is 9.68. The van der Waals surface area contributed by atoms with Gasteiger partial charge < -0.3 is 19.7 Å². The Morgan fingerprint density at radius 3 is 2.48 bits per heavy atom. The molecule has 0 aliphatic carbocycles. The Morgan fingerprint density at radius 2 is 1.94 bits per heavy atom. The Labute approximate surface area is 196 Å². The number of rotatable bonds is 6. The topological polar surface area (TPSA) is 95.7 Å². The Kier molecular flexibility index (Phi) is 6.81. The highest BCUT2D eigenvalue weighted by molar-refractivity contribution is 6.30. The highest BCUT2D eigenvalue weighted by atomic mass is 35.5. The van der Waals surface area contributed by atoms with Gasteiger partial charge in [0.05, 0.1) is 23.1 Å². The number of hydrogen-bond acceptors (Lipinski definition) is 5. The lowest BCUT2D eigenvalue weighted by atomic mass is 9.86. The van der Waals surface area contributed by atoms with E-state index in [1.807, 2.05) is 20.8 Å². The summed E-state index contributed by atoms with van der Waals surface area (Å²) in [5, 5.41) is 19.8. The molecule has 0 aliphatic rings. The van der Waals surface area contributed by atoms with Crippen LogP contribution >= 0.6 is 11.6 Å². The van der Waals surface area contributed by atoms with E-state index in [4.69, 9.17) is 16.6 Å². The van der Waals surface area contributed by atoms with Crippen molar-refractivity contribution in [3.05, 3.63) is 68.2 Å². The fraction of sp³-hybridized carbons (Fsp3) is 0.375. The standard InChI is InChI=1S/C24H27ClFN3O4/c1-24(2,3)18(12-30)29-11-16(23(32)33)20(31)15-10-14(21(28(4)5)27-22(15)29)9-13-7-6-8-17(25)19(13)26/h6-8,10-11,18,30H,9,12H2,1-5H3,(H,32,33)/t18-/m1/s1. The second kappa shape index (κ2) is 9.11. The van der Waals surface area contributed by atoms with E-state index in [1.165, 1.54) is 12.3 Å². The normalized spacial score (nSPS) is 12.7. The molecular formula is C24H27ClFN3O4. The van der Waals surface area contributed by atoms with E-state index in [-0.39, 0.29) is 29.1 Å². The first kappa shape index (κ1) is 24.7. The minimum Gasteiger partial charge on any atom is -0.477 e. The Hall–Kier alpha value is -2.97. The average molecular weight is 476 g/mol. The van der Waals surface area contributed by atoms with Crippen LogP contribution in [0.15, 0.2) is 35.3 Å². The molecule has 0 fully saturated rings. The van der Waals surface area contributed by atoms with E-state index in [9.17, 15) is 24.2 Å². The molecule has 3 rings (SSSR count). The van der Waals surface area contributed by atoms with Gasteiger partial charge in [-0.05, 0) is 23.1 Å². The van der Waals surface area contributed by atoms with Gasteiger partial charge in [0.15, 0.2) is 0 Å². The number of aliphatic hydroxyl groups excluding tert-OH is 1. The zero-order chi connectivity index (χ0) is 24.7. The maximum Gasteiger partial charge on any atom is 0.341 e.